The minimum absolute atomic E-state index is 0.0475. The number of hydrogen-bond acceptors (Lipinski definition) is 6. The number of carbonyl (C=O) groups is 2. The monoisotopic (exact) mass is 482 g/mol. The van der Waals surface area contributed by atoms with Crippen molar-refractivity contribution in [1.29, 1.82) is 0 Å². The number of nitrogens with zero attached hydrogens (tertiary/aromatic N) is 2. The van der Waals surface area contributed by atoms with Gasteiger partial charge in [-0.3, -0.25) is 9.59 Å². The molecule has 1 atom stereocenters. The molecule has 0 aliphatic carbocycles. The molecule has 1 saturated heterocycles. The van der Waals surface area contributed by atoms with E-state index >= 15 is 0 Å². The standard InChI is InChI=1S/C27H31FN2O5/c1-5-16-35-21-13-10-19(17-22(21)34-6-2)24-23(25(31)18-8-11-20(28)12-9-18)26(32)27(33)30(24)15-7-14-29(3)4/h5,8-13,17,24,31H,1,6-7,14-16H2,2-4H3/b25-23+. The van der Waals surface area contributed by atoms with E-state index in [-0.39, 0.29) is 23.5 Å². The number of ether oxygens (including phenoxy) is 2. The van der Waals surface area contributed by atoms with Crippen molar-refractivity contribution in [3.05, 3.63) is 77.6 Å². The van der Waals surface area contributed by atoms with Crippen LogP contribution in [0.5, 0.6) is 11.5 Å². The molecule has 0 saturated carbocycles. The number of amides is 1. The maximum atomic E-state index is 13.5. The maximum absolute atomic E-state index is 13.5. The van der Waals surface area contributed by atoms with Crippen molar-refractivity contribution in [2.45, 2.75) is 19.4 Å². The highest BCUT2D eigenvalue weighted by molar-refractivity contribution is 6.46. The highest BCUT2D eigenvalue weighted by Gasteiger charge is 2.46. The second kappa shape index (κ2) is 11.7. The largest absolute Gasteiger partial charge is 0.507 e. The van der Waals surface area contributed by atoms with E-state index in [0.29, 0.717) is 43.2 Å². The van der Waals surface area contributed by atoms with Gasteiger partial charge in [-0.05, 0) is 75.9 Å². The molecule has 1 fully saturated rings. The van der Waals surface area contributed by atoms with Gasteiger partial charge >= 0.3 is 0 Å². The van der Waals surface area contributed by atoms with Crippen molar-refractivity contribution in [3.8, 4) is 11.5 Å². The molecular formula is C27H31FN2O5. The number of halogens is 1. The van der Waals surface area contributed by atoms with E-state index in [2.05, 4.69) is 6.58 Å². The molecule has 0 radical (unpaired) electrons. The van der Waals surface area contributed by atoms with Crippen molar-refractivity contribution in [2.75, 3.05) is 40.4 Å². The van der Waals surface area contributed by atoms with Crippen molar-refractivity contribution in [2.24, 2.45) is 0 Å². The quantitative estimate of drug-likeness (QED) is 0.224. The van der Waals surface area contributed by atoms with Crippen molar-refractivity contribution >= 4 is 17.4 Å². The summed E-state index contributed by atoms with van der Waals surface area (Å²) in [6.45, 7) is 7.19. The van der Waals surface area contributed by atoms with Crippen molar-refractivity contribution in [1.82, 2.24) is 9.80 Å². The van der Waals surface area contributed by atoms with E-state index in [1.54, 1.807) is 24.3 Å². The molecule has 186 valence electrons. The average molecular weight is 483 g/mol. The lowest BCUT2D eigenvalue weighted by Gasteiger charge is -2.26. The summed E-state index contributed by atoms with van der Waals surface area (Å²) in [5.41, 5.74) is 0.791. The first-order valence-corrected chi connectivity index (χ1v) is 11.5. The molecular weight excluding hydrogens is 451 g/mol. The molecule has 0 aromatic heterocycles. The van der Waals surface area contributed by atoms with Crippen LogP contribution in [0, 0.1) is 5.82 Å². The van der Waals surface area contributed by atoms with Crippen LogP contribution in [-0.4, -0.2) is 67.0 Å². The number of benzene rings is 2. The number of rotatable bonds is 11. The second-order valence-electron chi connectivity index (χ2n) is 8.40. The summed E-state index contributed by atoms with van der Waals surface area (Å²) in [5.74, 6) is -1.35. The fourth-order valence-corrected chi connectivity index (χ4v) is 4.01. The summed E-state index contributed by atoms with van der Waals surface area (Å²) < 4.78 is 24.9. The van der Waals surface area contributed by atoms with Crippen LogP contribution in [0.1, 0.15) is 30.5 Å². The van der Waals surface area contributed by atoms with E-state index < -0.39 is 23.5 Å². The van der Waals surface area contributed by atoms with Crippen molar-refractivity contribution < 1.29 is 28.6 Å². The normalized spacial score (nSPS) is 17.2. The first-order chi connectivity index (χ1) is 16.8. The van der Waals surface area contributed by atoms with Crippen molar-refractivity contribution in [3.63, 3.8) is 0 Å². The third-order valence-corrected chi connectivity index (χ3v) is 5.60. The third kappa shape index (κ3) is 5.89. The van der Waals surface area contributed by atoms with Gasteiger partial charge < -0.3 is 24.4 Å². The molecule has 1 aliphatic rings. The third-order valence-electron chi connectivity index (χ3n) is 5.60. The van der Waals surface area contributed by atoms with Crippen LogP contribution in [0.4, 0.5) is 4.39 Å². The number of ketones is 1. The van der Waals surface area contributed by atoms with Gasteiger partial charge in [0.2, 0.25) is 0 Å². The lowest BCUT2D eigenvalue weighted by Crippen LogP contribution is -2.32. The Labute approximate surface area is 205 Å². The van der Waals surface area contributed by atoms with Crippen LogP contribution < -0.4 is 9.47 Å². The predicted octanol–water partition coefficient (Wildman–Crippen LogP) is 4.16. The van der Waals surface area contributed by atoms with Gasteiger partial charge in [-0.25, -0.2) is 4.39 Å². The van der Waals surface area contributed by atoms with Gasteiger partial charge in [-0.2, -0.15) is 0 Å². The Morgan fingerprint density at radius 3 is 2.49 bits per heavy atom. The Morgan fingerprint density at radius 1 is 1.14 bits per heavy atom. The summed E-state index contributed by atoms with van der Waals surface area (Å²) in [6, 6.07) is 9.46. The molecule has 8 heteroatoms. The highest BCUT2D eigenvalue weighted by atomic mass is 19.1. The Morgan fingerprint density at radius 2 is 1.86 bits per heavy atom. The topological polar surface area (TPSA) is 79.3 Å². The molecule has 7 nitrogen and oxygen atoms in total. The summed E-state index contributed by atoms with van der Waals surface area (Å²) in [4.78, 5) is 29.7. The van der Waals surface area contributed by atoms with Crippen LogP contribution in [0.25, 0.3) is 5.76 Å². The van der Waals surface area contributed by atoms with Gasteiger partial charge in [0.15, 0.2) is 11.5 Å². The molecule has 1 amide bonds. The van der Waals surface area contributed by atoms with Gasteiger partial charge in [0.05, 0.1) is 18.2 Å². The molecule has 0 bridgehead atoms. The van der Waals surface area contributed by atoms with Gasteiger partial charge in [0, 0.05) is 12.1 Å². The lowest BCUT2D eigenvalue weighted by atomic mass is 9.95. The smallest absolute Gasteiger partial charge is 0.295 e. The summed E-state index contributed by atoms with van der Waals surface area (Å²) in [5, 5.41) is 11.1. The molecule has 2 aromatic carbocycles. The molecule has 3 rings (SSSR count). The van der Waals surface area contributed by atoms with Crippen LogP contribution in [0.15, 0.2) is 60.7 Å². The fraction of sp³-hybridized carbons (Fsp3) is 0.333. The predicted molar refractivity (Wildman–Crippen MR) is 132 cm³/mol. The van der Waals surface area contributed by atoms with Gasteiger partial charge in [-0.15, -0.1) is 0 Å². The molecule has 1 N–H and O–H groups in total. The second-order valence-corrected chi connectivity index (χ2v) is 8.40. The number of aliphatic hydroxyl groups is 1. The zero-order chi connectivity index (χ0) is 25.5. The zero-order valence-corrected chi connectivity index (χ0v) is 20.3. The highest BCUT2D eigenvalue weighted by Crippen LogP contribution is 2.42. The van der Waals surface area contributed by atoms with Crippen LogP contribution >= 0.6 is 0 Å². The summed E-state index contributed by atoms with van der Waals surface area (Å²) >= 11 is 0. The molecule has 0 spiro atoms. The number of carbonyl (C=O) groups excluding carboxylic acids is 2. The fourth-order valence-electron chi connectivity index (χ4n) is 4.01. The number of likely N-dealkylation sites (tertiary alicyclic amines) is 1. The van der Waals surface area contributed by atoms with E-state index in [0.717, 1.165) is 0 Å². The zero-order valence-electron chi connectivity index (χ0n) is 20.3. The Balaban J connectivity index is 2.12. The van der Waals surface area contributed by atoms with E-state index in [9.17, 15) is 19.1 Å². The Hall–Kier alpha value is -3.65. The summed E-state index contributed by atoms with van der Waals surface area (Å²) in [7, 11) is 3.85. The lowest BCUT2D eigenvalue weighted by molar-refractivity contribution is -0.139. The van der Waals surface area contributed by atoms with Gasteiger partial charge in [-0.1, -0.05) is 18.7 Å². The number of Topliss-reactive ketones (excluding diaryl/α,β-unsaturated/α-hetero) is 1. The molecule has 1 heterocycles. The van der Waals surface area contributed by atoms with E-state index in [4.69, 9.17) is 9.47 Å². The van der Waals surface area contributed by atoms with E-state index in [1.807, 2.05) is 25.9 Å². The van der Waals surface area contributed by atoms with Gasteiger partial charge in [0.1, 0.15) is 18.2 Å². The van der Waals surface area contributed by atoms with Crippen LogP contribution in [0.3, 0.4) is 0 Å². The SMILES string of the molecule is C=CCOc1ccc(C2/C(=C(\O)c3ccc(F)cc3)C(=O)C(=O)N2CCCN(C)C)cc1OCC. The maximum Gasteiger partial charge on any atom is 0.295 e. The molecule has 35 heavy (non-hydrogen) atoms. The van der Waals surface area contributed by atoms with Crippen LogP contribution in [0.2, 0.25) is 0 Å². The summed E-state index contributed by atoms with van der Waals surface area (Å²) in [6.07, 6.45) is 2.25. The first kappa shape index (κ1) is 26.0. The number of hydrogen-bond donors (Lipinski definition) is 1. The minimum atomic E-state index is -0.838. The molecule has 1 aliphatic heterocycles. The molecule has 2 aromatic rings. The first-order valence-electron chi connectivity index (χ1n) is 11.5. The molecule has 1 unspecified atom stereocenters. The Bertz CT molecular complexity index is 1110. The average Bonchev–Trinajstić information content (AvgIpc) is 3.08. The van der Waals surface area contributed by atoms with E-state index in [1.165, 1.54) is 29.2 Å². The Kier molecular flexibility index (Phi) is 8.65. The van der Waals surface area contributed by atoms with Crippen LogP contribution in [-0.2, 0) is 9.59 Å². The van der Waals surface area contributed by atoms with Gasteiger partial charge in [0.25, 0.3) is 11.7 Å². The number of aliphatic hydroxyl groups excluding tert-OH is 1. The minimum Gasteiger partial charge on any atom is -0.507 e.